The van der Waals surface area contributed by atoms with E-state index in [0.717, 1.165) is 24.2 Å². The summed E-state index contributed by atoms with van der Waals surface area (Å²) in [7, 11) is 0. The Labute approximate surface area is 175 Å². The Morgan fingerprint density at radius 3 is 2.83 bits per heavy atom. The zero-order valence-electron chi connectivity index (χ0n) is 15.8. The molecule has 1 aliphatic carbocycles. The minimum atomic E-state index is -0.966. The summed E-state index contributed by atoms with van der Waals surface area (Å²) in [6.45, 7) is 0.656. The van der Waals surface area contributed by atoms with E-state index in [0.29, 0.717) is 10.9 Å². The maximum absolute atomic E-state index is 13.7. The van der Waals surface area contributed by atoms with E-state index in [-0.39, 0.29) is 11.6 Å². The number of amides is 4. The van der Waals surface area contributed by atoms with Crippen LogP contribution in [0.4, 0.5) is 14.9 Å². The van der Waals surface area contributed by atoms with Crippen molar-refractivity contribution in [3.8, 4) is 0 Å². The molecule has 2 atom stereocenters. The highest BCUT2D eigenvalue weighted by Crippen LogP contribution is 2.38. The number of nitrogens with one attached hydrogen (secondary N) is 2. The summed E-state index contributed by atoms with van der Waals surface area (Å²) in [5.41, 5.74) is -1.02. The first-order chi connectivity index (χ1) is 13.7. The number of carbonyl (C=O) groups is 4. The van der Waals surface area contributed by atoms with E-state index < -0.39 is 48.3 Å². The van der Waals surface area contributed by atoms with Crippen LogP contribution in [0.1, 0.15) is 32.6 Å². The molecule has 4 amide bonds. The summed E-state index contributed by atoms with van der Waals surface area (Å²) in [4.78, 5) is 49.8. The molecule has 156 valence electrons. The number of urea groups is 1. The standard InChI is InChI=1S/C19H21BrFN3O5/c1-11-4-2-3-7-19(11)17(27)24(18(28)23-19)9-16(26)29-10-15(25)22-14-6-5-12(20)8-13(14)21/h5-6,8,11H,2-4,7,9-10H2,1H3,(H,22,25)(H,23,28)/t11-,19+/m0/s1. The number of ether oxygens (including phenoxy) is 1. The number of imide groups is 1. The molecule has 8 nitrogen and oxygen atoms in total. The molecule has 2 N–H and O–H groups in total. The number of halogens is 2. The summed E-state index contributed by atoms with van der Waals surface area (Å²) in [5.74, 6) is -2.76. The Balaban J connectivity index is 1.53. The van der Waals surface area contributed by atoms with Crippen molar-refractivity contribution in [2.75, 3.05) is 18.5 Å². The van der Waals surface area contributed by atoms with Crippen LogP contribution < -0.4 is 10.6 Å². The number of hydrogen-bond acceptors (Lipinski definition) is 5. The number of nitrogens with zero attached hydrogens (tertiary/aromatic N) is 1. The number of benzene rings is 1. The van der Waals surface area contributed by atoms with Crippen LogP contribution in [-0.4, -0.2) is 47.4 Å². The van der Waals surface area contributed by atoms with Crippen molar-refractivity contribution in [1.29, 1.82) is 0 Å². The molecule has 0 radical (unpaired) electrons. The number of hydrogen-bond donors (Lipinski definition) is 2. The van der Waals surface area contributed by atoms with Gasteiger partial charge in [0.1, 0.15) is 17.9 Å². The molecule has 1 aromatic rings. The van der Waals surface area contributed by atoms with Gasteiger partial charge in [-0.2, -0.15) is 0 Å². The van der Waals surface area contributed by atoms with Gasteiger partial charge < -0.3 is 15.4 Å². The van der Waals surface area contributed by atoms with Gasteiger partial charge in [-0.3, -0.25) is 19.3 Å². The topological polar surface area (TPSA) is 105 Å². The van der Waals surface area contributed by atoms with Crippen LogP contribution >= 0.6 is 15.9 Å². The summed E-state index contributed by atoms with van der Waals surface area (Å²) >= 11 is 3.11. The van der Waals surface area contributed by atoms with Gasteiger partial charge in [-0.05, 0) is 37.0 Å². The van der Waals surface area contributed by atoms with E-state index in [1.54, 1.807) is 6.07 Å². The SMILES string of the molecule is C[C@H]1CCCC[C@@]12NC(=O)N(CC(=O)OCC(=O)Nc1ccc(Br)cc1F)C2=O. The highest BCUT2D eigenvalue weighted by atomic mass is 79.9. The maximum Gasteiger partial charge on any atom is 0.326 e. The van der Waals surface area contributed by atoms with E-state index in [9.17, 15) is 23.6 Å². The van der Waals surface area contributed by atoms with Crippen molar-refractivity contribution in [2.45, 2.75) is 38.1 Å². The predicted octanol–water partition coefficient (Wildman–Crippen LogP) is 2.57. The lowest BCUT2D eigenvalue weighted by molar-refractivity contribution is -0.150. The van der Waals surface area contributed by atoms with Crippen molar-refractivity contribution >= 4 is 45.4 Å². The molecule has 10 heteroatoms. The molecular formula is C19H21BrFN3O5. The molecule has 1 spiro atoms. The largest absolute Gasteiger partial charge is 0.454 e. The highest BCUT2D eigenvalue weighted by Gasteiger charge is 2.55. The lowest BCUT2D eigenvalue weighted by atomic mass is 9.73. The van der Waals surface area contributed by atoms with Crippen LogP contribution in [0.25, 0.3) is 0 Å². The molecule has 2 fully saturated rings. The lowest BCUT2D eigenvalue weighted by Gasteiger charge is -2.36. The molecular weight excluding hydrogens is 449 g/mol. The molecule has 1 saturated carbocycles. The Morgan fingerprint density at radius 2 is 2.14 bits per heavy atom. The van der Waals surface area contributed by atoms with Crippen LogP contribution in [0.15, 0.2) is 22.7 Å². The molecule has 0 aromatic heterocycles. The lowest BCUT2D eigenvalue weighted by Crippen LogP contribution is -2.54. The van der Waals surface area contributed by atoms with E-state index in [4.69, 9.17) is 4.74 Å². The van der Waals surface area contributed by atoms with Crippen LogP contribution in [0, 0.1) is 11.7 Å². The number of esters is 1. The number of carbonyl (C=O) groups excluding carboxylic acids is 4. The quantitative estimate of drug-likeness (QED) is 0.509. The van der Waals surface area contributed by atoms with Crippen LogP contribution in [-0.2, 0) is 19.1 Å². The second-order valence-corrected chi connectivity index (χ2v) is 8.19. The van der Waals surface area contributed by atoms with Crippen molar-refractivity contribution in [3.05, 3.63) is 28.5 Å². The summed E-state index contributed by atoms with van der Waals surface area (Å²) in [5, 5.41) is 5.02. The van der Waals surface area contributed by atoms with Crippen LogP contribution in [0.5, 0.6) is 0 Å². The second-order valence-electron chi connectivity index (χ2n) is 7.27. The van der Waals surface area contributed by atoms with E-state index >= 15 is 0 Å². The van der Waals surface area contributed by atoms with Crippen LogP contribution in [0.3, 0.4) is 0 Å². The smallest absolute Gasteiger partial charge is 0.326 e. The number of anilines is 1. The molecule has 1 saturated heterocycles. The minimum absolute atomic E-state index is 0.0275. The molecule has 1 aliphatic heterocycles. The summed E-state index contributed by atoms with van der Waals surface area (Å²) < 4.78 is 19.1. The molecule has 3 rings (SSSR count). The van der Waals surface area contributed by atoms with Gasteiger partial charge in [0.25, 0.3) is 11.8 Å². The molecule has 0 unspecified atom stereocenters. The molecule has 0 bridgehead atoms. The Kier molecular flexibility index (Phi) is 6.21. The first-order valence-electron chi connectivity index (χ1n) is 9.27. The van der Waals surface area contributed by atoms with Crippen molar-refractivity contribution in [1.82, 2.24) is 10.2 Å². The first kappa shape index (κ1) is 21.2. The van der Waals surface area contributed by atoms with E-state index in [1.165, 1.54) is 12.1 Å². The van der Waals surface area contributed by atoms with Crippen molar-refractivity contribution in [3.63, 3.8) is 0 Å². The van der Waals surface area contributed by atoms with Gasteiger partial charge in [0.2, 0.25) is 0 Å². The predicted molar refractivity (Wildman–Crippen MR) is 104 cm³/mol. The fourth-order valence-electron chi connectivity index (χ4n) is 3.74. The fourth-order valence-corrected chi connectivity index (χ4v) is 4.07. The molecule has 29 heavy (non-hydrogen) atoms. The average molecular weight is 470 g/mol. The normalized spacial score (nSPS) is 23.8. The summed E-state index contributed by atoms with van der Waals surface area (Å²) in [6, 6.07) is 3.45. The monoisotopic (exact) mass is 469 g/mol. The Bertz CT molecular complexity index is 864. The van der Waals surface area contributed by atoms with E-state index in [1.807, 2.05) is 6.92 Å². The van der Waals surface area contributed by atoms with E-state index in [2.05, 4.69) is 26.6 Å². The number of rotatable bonds is 5. The van der Waals surface area contributed by atoms with Gasteiger partial charge in [-0.15, -0.1) is 0 Å². The highest BCUT2D eigenvalue weighted by molar-refractivity contribution is 9.10. The summed E-state index contributed by atoms with van der Waals surface area (Å²) in [6.07, 6.45) is 3.16. The zero-order chi connectivity index (χ0) is 21.2. The Morgan fingerprint density at radius 1 is 1.38 bits per heavy atom. The minimum Gasteiger partial charge on any atom is -0.454 e. The van der Waals surface area contributed by atoms with Crippen molar-refractivity contribution in [2.24, 2.45) is 5.92 Å². The Hall–Kier alpha value is -2.49. The van der Waals surface area contributed by atoms with Gasteiger partial charge in [0, 0.05) is 4.47 Å². The third-order valence-electron chi connectivity index (χ3n) is 5.36. The second kappa shape index (κ2) is 8.48. The molecule has 1 heterocycles. The van der Waals surface area contributed by atoms with Gasteiger partial charge in [-0.25, -0.2) is 9.18 Å². The van der Waals surface area contributed by atoms with Gasteiger partial charge in [0.15, 0.2) is 6.61 Å². The zero-order valence-corrected chi connectivity index (χ0v) is 17.4. The molecule has 2 aliphatic rings. The average Bonchev–Trinajstić information content (AvgIpc) is 2.90. The van der Waals surface area contributed by atoms with Crippen molar-refractivity contribution < 1.29 is 28.3 Å². The maximum atomic E-state index is 13.7. The first-order valence-corrected chi connectivity index (χ1v) is 10.1. The molecule has 1 aromatic carbocycles. The van der Waals surface area contributed by atoms with Gasteiger partial charge in [-0.1, -0.05) is 35.7 Å². The third-order valence-corrected chi connectivity index (χ3v) is 5.85. The van der Waals surface area contributed by atoms with Crippen LogP contribution in [0.2, 0.25) is 0 Å². The van der Waals surface area contributed by atoms with Gasteiger partial charge in [0.05, 0.1) is 5.69 Å². The third kappa shape index (κ3) is 4.42. The fraction of sp³-hybridized carbons (Fsp3) is 0.474. The van der Waals surface area contributed by atoms with Gasteiger partial charge >= 0.3 is 12.0 Å².